The van der Waals surface area contributed by atoms with Crippen molar-refractivity contribution in [3.63, 3.8) is 0 Å². The molecule has 0 aromatic heterocycles. The van der Waals surface area contributed by atoms with Crippen molar-refractivity contribution in [3.8, 4) is 0 Å². The zero-order valence-electron chi connectivity index (χ0n) is 6.53. The summed E-state index contributed by atoms with van der Waals surface area (Å²) in [6.07, 6.45) is 0. The number of carboxylic acids is 1. The van der Waals surface area contributed by atoms with Gasteiger partial charge in [0.15, 0.2) is 0 Å². The molecule has 74 valence electrons. The van der Waals surface area contributed by atoms with Gasteiger partial charge >= 0.3 is 11.7 Å². The zero-order chi connectivity index (χ0) is 10.9. The van der Waals surface area contributed by atoms with E-state index in [0.717, 1.165) is 0 Å². The molecule has 0 saturated carbocycles. The molecular weight excluding hydrogens is 200 g/mol. The van der Waals surface area contributed by atoms with Crippen LogP contribution in [0.15, 0.2) is 12.1 Å². The molecule has 0 aliphatic carbocycles. The third-order valence-electron chi connectivity index (χ3n) is 1.45. The van der Waals surface area contributed by atoms with Crippen LogP contribution in [-0.4, -0.2) is 16.0 Å². The maximum Gasteiger partial charge on any atom is 0.339 e. The summed E-state index contributed by atoms with van der Waals surface area (Å²) in [5.41, 5.74) is -2.25. The lowest BCUT2D eigenvalue weighted by atomic mass is 10.2. The van der Waals surface area contributed by atoms with Gasteiger partial charge < -0.3 is 5.11 Å². The molecule has 0 atom stereocenters. The molecule has 0 aliphatic heterocycles. The zero-order valence-corrected chi connectivity index (χ0v) is 6.53. The molecule has 0 amide bonds. The average Bonchev–Trinajstić information content (AvgIpc) is 2.07. The summed E-state index contributed by atoms with van der Waals surface area (Å²) in [7, 11) is 0. The van der Waals surface area contributed by atoms with E-state index < -0.39 is 33.8 Å². The Morgan fingerprint density at radius 3 is 2.43 bits per heavy atom. The van der Waals surface area contributed by atoms with Gasteiger partial charge in [-0.2, -0.15) is 4.39 Å². The van der Waals surface area contributed by atoms with Crippen molar-refractivity contribution in [1.82, 2.24) is 0 Å². The molecule has 1 N–H and O–H groups in total. The predicted octanol–water partition coefficient (Wildman–Crippen LogP) is 1.57. The van der Waals surface area contributed by atoms with Gasteiger partial charge in [0.05, 0.1) is 11.0 Å². The highest BCUT2D eigenvalue weighted by atomic mass is 19.1. The first kappa shape index (κ1) is 10.0. The van der Waals surface area contributed by atoms with E-state index in [2.05, 4.69) is 0 Å². The number of halogens is 2. The van der Waals surface area contributed by atoms with Crippen LogP contribution in [0.1, 0.15) is 10.4 Å². The normalized spacial score (nSPS) is 9.86. The predicted molar refractivity (Wildman–Crippen MR) is 40.0 cm³/mol. The van der Waals surface area contributed by atoms with Crippen LogP contribution in [0.5, 0.6) is 0 Å². The minimum atomic E-state index is -1.76. The molecule has 0 bridgehead atoms. The van der Waals surface area contributed by atoms with Gasteiger partial charge in [0.1, 0.15) is 11.4 Å². The van der Waals surface area contributed by atoms with Gasteiger partial charge in [-0.1, -0.05) is 0 Å². The average molecular weight is 203 g/mol. The summed E-state index contributed by atoms with van der Waals surface area (Å²) < 4.78 is 25.6. The lowest BCUT2D eigenvalue weighted by molar-refractivity contribution is -0.387. The second-order valence-electron chi connectivity index (χ2n) is 2.35. The van der Waals surface area contributed by atoms with E-state index in [1.807, 2.05) is 0 Å². The van der Waals surface area contributed by atoms with E-state index in [4.69, 9.17) is 5.11 Å². The molecular formula is C7H3F2NO4. The first-order chi connectivity index (χ1) is 6.43. The summed E-state index contributed by atoms with van der Waals surface area (Å²) in [5.74, 6) is -4.48. The summed E-state index contributed by atoms with van der Waals surface area (Å²) in [4.78, 5) is 19.3. The van der Waals surface area contributed by atoms with Crippen LogP contribution < -0.4 is 0 Å². The van der Waals surface area contributed by atoms with Crippen molar-refractivity contribution in [2.24, 2.45) is 0 Å². The molecule has 7 heteroatoms. The number of hydrogen-bond acceptors (Lipinski definition) is 3. The maximum atomic E-state index is 13.0. The second-order valence-corrected chi connectivity index (χ2v) is 2.35. The number of benzene rings is 1. The number of rotatable bonds is 2. The number of carbonyl (C=O) groups is 1. The van der Waals surface area contributed by atoms with Crippen molar-refractivity contribution in [2.45, 2.75) is 0 Å². The molecule has 14 heavy (non-hydrogen) atoms. The van der Waals surface area contributed by atoms with Gasteiger partial charge in [0.25, 0.3) is 0 Å². The van der Waals surface area contributed by atoms with Crippen molar-refractivity contribution >= 4 is 11.7 Å². The summed E-state index contributed by atoms with van der Waals surface area (Å²) >= 11 is 0. The minimum absolute atomic E-state index is 0.321. The molecule has 1 aromatic rings. The Balaban J connectivity index is 3.47. The van der Waals surface area contributed by atoms with E-state index in [-0.39, 0.29) is 0 Å². The fourth-order valence-electron chi connectivity index (χ4n) is 0.863. The molecule has 0 aliphatic rings. The fraction of sp³-hybridized carbons (Fsp3) is 0. The summed E-state index contributed by atoms with van der Waals surface area (Å²) in [5, 5.41) is 18.5. The molecule has 1 aromatic carbocycles. The molecule has 5 nitrogen and oxygen atoms in total. The first-order valence-corrected chi connectivity index (χ1v) is 3.30. The van der Waals surface area contributed by atoms with Crippen LogP contribution >= 0.6 is 0 Å². The third-order valence-corrected chi connectivity index (χ3v) is 1.45. The van der Waals surface area contributed by atoms with E-state index >= 15 is 0 Å². The van der Waals surface area contributed by atoms with Crippen LogP contribution in [0.2, 0.25) is 0 Å². The van der Waals surface area contributed by atoms with Crippen LogP contribution in [0, 0.1) is 21.7 Å². The van der Waals surface area contributed by atoms with E-state index in [1.165, 1.54) is 0 Å². The van der Waals surface area contributed by atoms with Gasteiger partial charge in [-0.05, 0) is 6.07 Å². The Morgan fingerprint density at radius 1 is 1.43 bits per heavy atom. The van der Waals surface area contributed by atoms with Gasteiger partial charge in [0, 0.05) is 0 Å². The summed E-state index contributed by atoms with van der Waals surface area (Å²) in [6.45, 7) is 0. The summed E-state index contributed by atoms with van der Waals surface area (Å²) in [6, 6.07) is 0.701. The Kier molecular flexibility index (Phi) is 2.41. The van der Waals surface area contributed by atoms with Crippen molar-refractivity contribution in [3.05, 3.63) is 39.4 Å². The van der Waals surface area contributed by atoms with E-state index in [0.29, 0.717) is 12.1 Å². The Morgan fingerprint density at radius 2 is 2.00 bits per heavy atom. The van der Waals surface area contributed by atoms with Crippen molar-refractivity contribution in [2.75, 3.05) is 0 Å². The van der Waals surface area contributed by atoms with E-state index in [1.54, 1.807) is 0 Å². The Bertz CT molecular complexity index is 383. The molecule has 0 radical (unpaired) electrons. The number of nitro benzene ring substituents is 1. The molecule has 0 unspecified atom stereocenters. The molecule has 0 saturated heterocycles. The maximum absolute atomic E-state index is 13.0. The van der Waals surface area contributed by atoms with Crippen LogP contribution in [-0.2, 0) is 0 Å². The Hall–Kier alpha value is -2.05. The van der Waals surface area contributed by atoms with Crippen LogP contribution in [0.25, 0.3) is 0 Å². The molecule has 0 heterocycles. The number of nitrogens with zero attached hydrogens (tertiary/aromatic N) is 1. The third kappa shape index (κ3) is 1.65. The number of aromatic carboxylic acids is 1. The number of carboxylic acid groups (broad SMARTS) is 1. The quantitative estimate of drug-likeness (QED) is 0.584. The van der Waals surface area contributed by atoms with Crippen LogP contribution in [0.4, 0.5) is 14.5 Å². The lowest BCUT2D eigenvalue weighted by Gasteiger charge is -1.98. The van der Waals surface area contributed by atoms with Gasteiger partial charge in [-0.25, -0.2) is 9.18 Å². The minimum Gasteiger partial charge on any atom is -0.478 e. The van der Waals surface area contributed by atoms with Crippen LogP contribution in [0.3, 0.4) is 0 Å². The topological polar surface area (TPSA) is 80.4 Å². The highest BCUT2D eigenvalue weighted by Crippen LogP contribution is 2.22. The van der Waals surface area contributed by atoms with Gasteiger partial charge in [-0.3, -0.25) is 10.1 Å². The largest absolute Gasteiger partial charge is 0.478 e. The highest BCUT2D eigenvalue weighted by molar-refractivity contribution is 5.88. The van der Waals surface area contributed by atoms with Gasteiger partial charge in [-0.15, -0.1) is 0 Å². The molecule has 0 spiro atoms. The molecule has 0 fully saturated rings. The SMILES string of the molecule is O=C(O)c1cc(F)cc([N+](=O)[O-])c1F. The highest BCUT2D eigenvalue weighted by Gasteiger charge is 2.23. The fourth-order valence-corrected chi connectivity index (χ4v) is 0.863. The Labute approximate surface area is 75.7 Å². The van der Waals surface area contributed by atoms with Crippen molar-refractivity contribution < 1.29 is 23.6 Å². The number of hydrogen-bond donors (Lipinski definition) is 1. The first-order valence-electron chi connectivity index (χ1n) is 3.30. The van der Waals surface area contributed by atoms with Gasteiger partial charge in [0.2, 0.25) is 5.82 Å². The van der Waals surface area contributed by atoms with E-state index in [9.17, 15) is 23.7 Å². The molecule has 1 rings (SSSR count). The lowest BCUT2D eigenvalue weighted by Crippen LogP contribution is -2.04. The smallest absolute Gasteiger partial charge is 0.339 e. The monoisotopic (exact) mass is 203 g/mol. The second kappa shape index (κ2) is 3.36. The standard InChI is InChI=1S/C7H3F2NO4/c8-3-1-4(7(11)12)6(9)5(2-3)10(13)14/h1-2H,(H,11,12). The number of nitro groups is 1. The van der Waals surface area contributed by atoms with Crippen molar-refractivity contribution in [1.29, 1.82) is 0 Å².